The Kier molecular flexibility index (Phi) is 20.5. The third kappa shape index (κ3) is 9.18. The molecule has 0 N–H and O–H groups in total. The summed E-state index contributed by atoms with van der Waals surface area (Å²) in [6.45, 7) is 0. The van der Waals surface area contributed by atoms with Crippen molar-refractivity contribution >= 4 is 19.6 Å². The van der Waals surface area contributed by atoms with E-state index in [9.17, 15) is 0 Å². The van der Waals surface area contributed by atoms with Gasteiger partial charge in [-0.25, -0.2) is 0 Å². The normalized spacial score (nSPS) is 3.00. The zero-order valence-electron chi connectivity index (χ0n) is 1.63. The minimum atomic E-state index is -0.583. The van der Waals surface area contributed by atoms with Crippen molar-refractivity contribution < 1.29 is 36.0 Å². The molecule has 0 saturated carbocycles. The Bertz CT molecular complexity index is 25.0. The smallest absolute Gasteiger partial charge is 0 e. The van der Waals surface area contributed by atoms with E-state index in [-0.39, 0.29) is 21.1 Å². The van der Waals surface area contributed by atoms with Gasteiger partial charge >= 0.3 is 34.6 Å². The average Bonchev–Trinajstić information content (AvgIpc) is 0.918. The summed E-state index contributed by atoms with van der Waals surface area (Å²) in [6.07, 6.45) is 0. The van der Waals surface area contributed by atoms with E-state index >= 15 is 0 Å². The second-order valence-electron chi connectivity index (χ2n) is 0.0680. The SMILES string of the molecule is [S]=[W]=[S].[W]. The molecule has 4 heavy (non-hydrogen) atoms. The van der Waals surface area contributed by atoms with Crippen LogP contribution in [0.2, 0.25) is 0 Å². The van der Waals surface area contributed by atoms with E-state index in [1.807, 2.05) is 0 Å². The first-order chi connectivity index (χ1) is 1.41. The van der Waals surface area contributed by atoms with Gasteiger partial charge in [-0.3, -0.25) is 0 Å². The minimum absolute atomic E-state index is 0. The molecule has 4 heteroatoms. The maximum atomic E-state index is 4.38. The van der Waals surface area contributed by atoms with Crippen molar-refractivity contribution in [2.45, 2.75) is 0 Å². The molecule has 0 saturated heterocycles. The predicted octanol–water partition coefficient (Wildman–Crippen LogP) is 1.29. The Labute approximate surface area is 55.0 Å². The summed E-state index contributed by atoms with van der Waals surface area (Å²) in [6, 6.07) is 0. The van der Waals surface area contributed by atoms with Crippen molar-refractivity contribution in [3.63, 3.8) is 0 Å². The largest absolute Gasteiger partial charge is 0 e. The van der Waals surface area contributed by atoms with E-state index in [4.69, 9.17) is 0 Å². The Balaban J connectivity index is 0. The number of hydrogen-bond acceptors (Lipinski definition) is 2. The molecule has 0 heterocycles. The van der Waals surface area contributed by atoms with Gasteiger partial charge in [-0.1, -0.05) is 0 Å². The molecule has 0 aliphatic rings. The fourth-order valence-electron chi connectivity index (χ4n) is 0. The van der Waals surface area contributed by atoms with Gasteiger partial charge in [-0.2, -0.15) is 0 Å². The zero-order valence-corrected chi connectivity index (χ0v) is 9.13. The molecule has 0 fully saturated rings. The maximum Gasteiger partial charge on any atom is 0 e. The van der Waals surface area contributed by atoms with Crippen LogP contribution in [-0.4, -0.2) is 0 Å². The summed E-state index contributed by atoms with van der Waals surface area (Å²) in [5.74, 6) is 0. The van der Waals surface area contributed by atoms with Crippen LogP contribution in [0, 0.1) is 0 Å². The summed E-state index contributed by atoms with van der Waals surface area (Å²) < 4.78 is 0. The van der Waals surface area contributed by atoms with Crippen molar-refractivity contribution in [1.82, 2.24) is 0 Å². The number of hydrogen-bond donors (Lipinski definition) is 0. The van der Waals surface area contributed by atoms with Gasteiger partial charge in [0.2, 0.25) is 0 Å². The quantitative estimate of drug-likeness (QED) is 0.567. The van der Waals surface area contributed by atoms with Crippen LogP contribution >= 0.6 is 19.6 Å². The van der Waals surface area contributed by atoms with E-state index in [1.54, 1.807) is 0 Å². The maximum absolute atomic E-state index is 4.38. The molecule has 0 nitrogen and oxygen atoms in total. The predicted molar refractivity (Wildman–Crippen MR) is 15.2 cm³/mol. The molecule has 0 aliphatic heterocycles. The Morgan fingerprint density at radius 2 is 1.25 bits per heavy atom. The molecule has 0 bridgehead atoms. The monoisotopic (exact) mass is 432 g/mol. The van der Waals surface area contributed by atoms with Crippen molar-refractivity contribution in [3.8, 4) is 0 Å². The van der Waals surface area contributed by atoms with Crippen LogP contribution in [0.15, 0.2) is 0 Å². The van der Waals surface area contributed by atoms with Crippen LogP contribution in [0.5, 0.6) is 0 Å². The molecule has 24 valence electrons. The van der Waals surface area contributed by atoms with Crippen LogP contribution in [0.25, 0.3) is 0 Å². The number of rotatable bonds is 0. The van der Waals surface area contributed by atoms with Gasteiger partial charge in [0, 0.05) is 21.1 Å². The molecule has 0 aromatic heterocycles. The van der Waals surface area contributed by atoms with Crippen LogP contribution in [-0.2, 0) is 36.0 Å². The van der Waals surface area contributed by atoms with Gasteiger partial charge in [0.1, 0.15) is 0 Å². The first-order valence-electron chi connectivity index (χ1n) is 0.333. The van der Waals surface area contributed by atoms with E-state index in [2.05, 4.69) is 19.6 Å². The Hall–Kier alpha value is 1.82. The van der Waals surface area contributed by atoms with E-state index < -0.39 is 14.9 Å². The zero-order chi connectivity index (χ0) is 2.71. The third-order valence-electron chi connectivity index (χ3n) is 0. The van der Waals surface area contributed by atoms with E-state index in [1.165, 1.54) is 0 Å². The molecule has 0 rings (SSSR count). The third-order valence-corrected chi connectivity index (χ3v) is 0. The second-order valence-corrected chi connectivity index (χ2v) is 5.01. The van der Waals surface area contributed by atoms with Crippen LogP contribution in [0.4, 0.5) is 0 Å². The van der Waals surface area contributed by atoms with Gasteiger partial charge in [0.15, 0.2) is 0 Å². The van der Waals surface area contributed by atoms with Gasteiger partial charge in [0.05, 0.1) is 0 Å². The summed E-state index contributed by atoms with van der Waals surface area (Å²) in [7, 11) is 8.75. The van der Waals surface area contributed by atoms with Crippen molar-refractivity contribution in [1.29, 1.82) is 0 Å². The molecule has 0 aliphatic carbocycles. The first kappa shape index (κ1) is 9.26. The Morgan fingerprint density at radius 1 is 1.25 bits per heavy atom. The summed E-state index contributed by atoms with van der Waals surface area (Å²) in [4.78, 5) is 0. The summed E-state index contributed by atoms with van der Waals surface area (Å²) in [5.41, 5.74) is 0. The molecule has 0 radical (unpaired) electrons. The van der Waals surface area contributed by atoms with Gasteiger partial charge in [0.25, 0.3) is 0 Å². The second kappa shape index (κ2) is 8.84. The molecule has 0 aromatic rings. The molecule has 0 aromatic carbocycles. The molecule has 0 atom stereocenters. The molecule has 0 unspecified atom stereocenters. The standard InChI is InChI=1S/2S.2W. The topological polar surface area (TPSA) is 0 Å². The Morgan fingerprint density at radius 3 is 1.25 bits per heavy atom. The van der Waals surface area contributed by atoms with Gasteiger partial charge in [-0.05, 0) is 0 Å². The summed E-state index contributed by atoms with van der Waals surface area (Å²) in [5, 5.41) is 0. The van der Waals surface area contributed by atoms with Gasteiger partial charge in [-0.15, -0.1) is 0 Å². The van der Waals surface area contributed by atoms with Crippen molar-refractivity contribution in [2.24, 2.45) is 0 Å². The molecular weight excluding hydrogens is 432 g/mol. The van der Waals surface area contributed by atoms with Crippen LogP contribution in [0.3, 0.4) is 0 Å². The fraction of sp³-hybridized carbons (Fsp3) is 0. The first-order valence-corrected chi connectivity index (χ1v) is 8.19. The molecule has 0 spiro atoms. The van der Waals surface area contributed by atoms with Crippen LogP contribution < -0.4 is 0 Å². The van der Waals surface area contributed by atoms with Crippen molar-refractivity contribution in [3.05, 3.63) is 0 Å². The van der Waals surface area contributed by atoms with E-state index in [0.717, 1.165) is 0 Å². The van der Waals surface area contributed by atoms with E-state index in [0.29, 0.717) is 0 Å². The minimum Gasteiger partial charge on any atom is 0 e. The van der Waals surface area contributed by atoms with Gasteiger partial charge < -0.3 is 0 Å². The average molecular weight is 432 g/mol. The fourth-order valence-corrected chi connectivity index (χ4v) is 0. The van der Waals surface area contributed by atoms with Crippen molar-refractivity contribution in [2.75, 3.05) is 0 Å². The molecule has 0 amide bonds. The summed E-state index contributed by atoms with van der Waals surface area (Å²) >= 11 is -0.583. The molecular formula is S2W2. The van der Waals surface area contributed by atoms with Crippen LogP contribution in [0.1, 0.15) is 0 Å².